The number of carbonyl (C=O) groups excluding carboxylic acids is 2. The van der Waals surface area contributed by atoms with E-state index in [0.717, 1.165) is 5.56 Å². The summed E-state index contributed by atoms with van der Waals surface area (Å²) >= 11 is 0. The molecule has 3 N–H and O–H groups in total. The fourth-order valence-electron chi connectivity index (χ4n) is 2.77. The van der Waals surface area contributed by atoms with E-state index >= 15 is 0 Å². The van der Waals surface area contributed by atoms with Crippen molar-refractivity contribution >= 4 is 17.7 Å². The SMILES string of the molecule is CN1C(=O)C(NC(=O)OC(C)(C)C)CCc2cc(C(C)(O)O)ccc21. The van der Waals surface area contributed by atoms with E-state index in [2.05, 4.69) is 5.32 Å². The first-order valence-corrected chi connectivity index (χ1v) is 8.24. The summed E-state index contributed by atoms with van der Waals surface area (Å²) in [5.74, 6) is -2.19. The average molecular weight is 350 g/mol. The van der Waals surface area contributed by atoms with Gasteiger partial charge in [0.15, 0.2) is 5.79 Å². The lowest BCUT2D eigenvalue weighted by atomic mass is 9.99. The van der Waals surface area contributed by atoms with Crippen LogP contribution in [0.25, 0.3) is 0 Å². The highest BCUT2D eigenvalue weighted by atomic mass is 16.6. The molecule has 0 bridgehead atoms. The van der Waals surface area contributed by atoms with Gasteiger partial charge in [-0.2, -0.15) is 0 Å². The Morgan fingerprint density at radius 1 is 1.28 bits per heavy atom. The molecule has 7 heteroatoms. The Balaban J connectivity index is 2.21. The Morgan fingerprint density at radius 2 is 1.92 bits per heavy atom. The van der Waals surface area contributed by atoms with Crippen LogP contribution in [0.2, 0.25) is 0 Å². The van der Waals surface area contributed by atoms with Gasteiger partial charge in [-0.3, -0.25) is 4.79 Å². The summed E-state index contributed by atoms with van der Waals surface area (Å²) in [5.41, 5.74) is 1.21. The number of hydrogen-bond acceptors (Lipinski definition) is 5. The third-order valence-corrected chi connectivity index (χ3v) is 4.01. The molecule has 0 saturated heterocycles. The number of rotatable bonds is 2. The van der Waals surface area contributed by atoms with Crippen LogP contribution in [-0.2, 0) is 21.7 Å². The van der Waals surface area contributed by atoms with Crippen molar-refractivity contribution in [3.63, 3.8) is 0 Å². The molecule has 1 aliphatic rings. The molecule has 1 aliphatic heterocycles. The largest absolute Gasteiger partial charge is 0.444 e. The molecule has 7 nitrogen and oxygen atoms in total. The number of hydrogen-bond donors (Lipinski definition) is 3. The quantitative estimate of drug-likeness (QED) is 0.704. The minimum Gasteiger partial charge on any atom is -0.444 e. The van der Waals surface area contributed by atoms with Gasteiger partial charge in [0.2, 0.25) is 5.91 Å². The molecule has 0 aliphatic carbocycles. The van der Waals surface area contributed by atoms with Crippen LogP contribution in [0.15, 0.2) is 18.2 Å². The van der Waals surface area contributed by atoms with Gasteiger partial charge in [0.1, 0.15) is 11.6 Å². The highest BCUT2D eigenvalue weighted by Gasteiger charge is 2.31. The third kappa shape index (κ3) is 4.70. The Kier molecular flexibility index (Phi) is 5.11. The highest BCUT2D eigenvalue weighted by molar-refractivity contribution is 5.99. The number of amides is 2. The van der Waals surface area contributed by atoms with Gasteiger partial charge in [-0.25, -0.2) is 4.79 Å². The molecule has 2 amide bonds. The maximum absolute atomic E-state index is 12.6. The summed E-state index contributed by atoms with van der Waals surface area (Å²) in [6.07, 6.45) is 0.270. The zero-order valence-electron chi connectivity index (χ0n) is 15.3. The maximum Gasteiger partial charge on any atom is 0.408 e. The second-order valence-corrected chi connectivity index (χ2v) is 7.50. The first-order chi connectivity index (χ1) is 11.4. The van der Waals surface area contributed by atoms with E-state index in [0.29, 0.717) is 24.1 Å². The van der Waals surface area contributed by atoms with Crippen molar-refractivity contribution in [3.8, 4) is 0 Å². The summed E-state index contributed by atoms with van der Waals surface area (Å²) in [4.78, 5) is 26.1. The summed E-state index contributed by atoms with van der Waals surface area (Å²) in [6.45, 7) is 6.55. The van der Waals surface area contributed by atoms with Crippen molar-refractivity contribution in [2.45, 2.75) is 58.0 Å². The molecule has 138 valence electrons. The predicted octanol–water partition coefficient (Wildman–Crippen LogP) is 1.65. The Morgan fingerprint density at radius 3 is 2.48 bits per heavy atom. The van der Waals surface area contributed by atoms with E-state index in [1.807, 2.05) is 0 Å². The maximum atomic E-state index is 12.6. The molecule has 0 aromatic heterocycles. The molecule has 1 aromatic carbocycles. The van der Waals surface area contributed by atoms with Gasteiger partial charge in [-0.15, -0.1) is 0 Å². The second kappa shape index (κ2) is 6.65. The van der Waals surface area contributed by atoms with Gasteiger partial charge >= 0.3 is 6.09 Å². The van der Waals surface area contributed by atoms with Crippen LogP contribution in [0.1, 0.15) is 45.2 Å². The minimum absolute atomic E-state index is 0.242. The van der Waals surface area contributed by atoms with Crippen LogP contribution in [0.5, 0.6) is 0 Å². The molecule has 1 atom stereocenters. The summed E-state index contributed by atoms with van der Waals surface area (Å²) in [5, 5.41) is 22.1. The summed E-state index contributed by atoms with van der Waals surface area (Å²) in [7, 11) is 1.63. The van der Waals surface area contributed by atoms with Gasteiger partial charge in [0.05, 0.1) is 0 Å². The van der Waals surface area contributed by atoms with E-state index in [1.165, 1.54) is 11.8 Å². The van der Waals surface area contributed by atoms with Gasteiger partial charge in [-0.05, 0) is 58.2 Å². The molecule has 1 aromatic rings. The zero-order valence-corrected chi connectivity index (χ0v) is 15.3. The van der Waals surface area contributed by atoms with E-state index in [1.54, 1.807) is 46.0 Å². The van der Waals surface area contributed by atoms with Crippen LogP contribution in [0.4, 0.5) is 10.5 Å². The second-order valence-electron chi connectivity index (χ2n) is 7.50. The standard InChI is InChI=1S/C18H26N2O5/c1-17(2,3)25-16(22)19-13-8-6-11-10-12(18(4,23)24)7-9-14(11)20(5)15(13)21/h7,9-10,13,23-24H,6,8H2,1-5H3,(H,19,22). The van der Waals surface area contributed by atoms with E-state index < -0.39 is 23.5 Å². The van der Waals surface area contributed by atoms with Crippen molar-refractivity contribution in [2.75, 3.05) is 11.9 Å². The Hall–Kier alpha value is -2.12. The molecule has 0 spiro atoms. The average Bonchev–Trinajstić information content (AvgIpc) is 2.56. The number of aliphatic hydroxyl groups is 2. The molecule has 25 heavy (non-hydrogen) atoms. The Labute approximate surface area is 147 Å². The van der Waals surface area contributed by atoms with E-state index in [9.17, 15) is 19.8 Å². The lowest BCUT2D eigenvalue weighted by molar-refractivity contribution is -0.152. The fraction of sp³-hybridized carbons (Fsp3) is 0.556. The number of anilines is 1. The van der Waals surface area contributed by atoms with Crippen molar-refractivity contribution in [1.82, 2.24) is 5.32 Å². The number of ether oxygens (including phenoxy) is 1. The van der Waals surface area contributed by atoms with Crippen molar-refractivity contribution in [3.05, 3.63) is 29.3 Å². The van der Waals surface area contributed by atoms with Gasteiger partial charge < -0.3 is 25.2 Å². The number of alkyl carbamates (subject to hydrolysis) is 1. The molecule has 0 saturated carbocycles. The molecule has 0 fully saturated rings. The summed E-state index contributed by atoms with van der Waals surface area (Å²) < 4.78 is 5.22. The minimum atomic E-state index is -1.95. The first kappa shape index (κ1) is 19.2. The molecular weight excluding hydrogens is 324 g/mol. The lowest BCUT2D eigenvalue weighted by Gasteiger charge is -2.25. The smallest absolute Gasteiger partial charge is 0.408 e. The molecule has 1 unspecified atom stereocenters. The van der Waals surface area contributed by atoms with Crippen molar-refractivity contribution in [2.24, 2.45) is 0 Å². The van der Waals surface area contributed by atoms with Crippen LogP contribution in [-0.4, -0.2) is 40.9 Å². The number of fused-ring (bicyclic) bond motifs is 1. The lowest BCUT2D eigenvalue weighted by Crippen LogP contribution is -2.48. The highest BCUT2D eigenvalue weighted by Crippen LogP contribution is 2.30. The number of likely N-dealkylation sites (N-methyl/N-ethyl adjacent to an activating group) is 1. The van der Waals surface area contributed by atoms with Crippen LogP contribution < -0.4 is 10.2 Å². The zero-order chi connectivity index (χ0) is 19.0. The van der Waals surface area contributed by atoms with Crippen LogP contribution >= 0.6 is 0 Å². The number of aryl methyl sites for hydroxylation is 1. The topological polar surface area (TPSA) is 99.1 Å². The summed E-state index contributed by atoms with van der Waals surface area (Å²) in [6, 6.07) is 4.23. The normalized spacial score (nSPS) is 18.4. The predicted molar refractivity (Wildman–Crippen MR) is 93.1 cm³/mol. The van der Waals surface area contributed by atoms with E-state index in [4.69, 9.17) is 4.74 Å². The van der Waals surface area contributed by atoms with Gasteiger partial charge in [0.25, 0.3) is 0 Å². The monoisotopic (exact) mass is 350 g/mol. The van der Waals surface area contributed by atoms with Crippen molar-refractivity contribution in [1.29, 1.82) is 0 Å². The first-order valence-electron chi connectivity index (χ1n) is 8.24. The number of benzene rings is 1. The fourth-order valence-corrected chi connectivity index (χ4v) is 2.77. The number of carbonyl (C=O) groups is 2. The molecule has 2 rings (SSSR count). The van der Waals surface area contributed by atoms with Crippen LogP contribution in [0.3, 0.4) is 0 Å². The van der Waals surface area contributed by atoms with Crippen molar-refractivity contribution < 1.29 is 24.5 Å². The number of nitrogens with one attached hydrogen (secondary N) is 1. The number of nitrogens with zero attached hydrogens (tertiary/aromatic N) is 1. The Bertz CT molecular complexity index is 673. The van der Waals surface area contributed by atoms with Gasteiger partial charge in [-0.1, -0.05) is 6.07 Å². The molecular formula is C18H26N2O5. The third-order valence-electron chi connectivity index (χ3n) is 4.01. The molecule has 1 heterocycles. The van der Waals surface area contributed by atoms with Crippen LogP contribution in [0, 0.1) is 0 Å². The molecule has 0 radical (unpaired) electrons. The van der Waals surface area contributed by atoms with Gasteiger partial charge in [0, 0.05) is 18.3 Å². The van der Waals surface area contributed by atoms with E-state index in [-0.39, 0.29) is 5.91 Å².